The van der Waals surface area contributed by atoms with Gasteiger partial charge in [0.05, 0.1) is 11.9 Å². The molecule has 2 aliphatic heterocycles. The van der Waals surface area contributed by atoms with Gasteiger partial charge in [-0.3, -0.25) is 9.69 Å². The van der Waals surface area contributed by atoms with Crippen molar-refractivity contribution in [3.63, 3.8) is 0 Å². The standard InChI is InChI=1S/C23H27N5O/c1-17-7-10-27-20(14-25-22(27)11-17)12-24-13-21-16-28(19-8-9-26(21)15-19)23(29)18-5-3-2-4-6-18/h2-7,10-11,14,19,21,24H,8-9,12-13,15-16H2,1H3. The Morgan fingerprint density at radius 3 is 2.93 bits per heavy atom. The molecular formula is C23H27N5O. The predicted molar refractivity (Wildman–Crippen MR) is 113 cm³/mol. The van der Waals surface area contributed by atoms with Gasteiger partial charge >= 0.3 is 0 Å². The molecule has 4 heterocycles. The lowest BCUT2D eigenvalue weighted by atomic mass is 10.1. The minimum Gasteiger partial charge on any atom is -0.333 e. The molecule has 0 saturated carbocycles. The molecule has 0 aliphatic carbocycles. The molecule has 2 bridgehead atoms. The number of benzene rings is 1. The van der Waals surface area contributed by atoms with Gasteiger partial charge in [-0.1, -0.05) is 18.2 Å². The molecule has 1 amide bonds. The quantitative estimate of drug-likeness (QED) is 0.728. The molecule has 6 heteroatoms. The van der Waals surface area contributed by atoms with E-state index in [-0.39, 0.29) is 5.91 Å². The Labute approximate surface area is 171 Å². The van der Waals surface area contributed by atoms with Gasteiger partial charge in [0.2, 0.25) is 0 Å². The Kier molecular flexibility index (Phi) is 4.81. The number of fused-ring (bicyclic) bond motifs is 3. The Bertz CT molecular complexity index is 1010. The highest BCUT2D eigenvalue weighted by molar-refractivity contribution is 5.94. The number of carbonyl (C=O) groups is 1. The fourth-order valence-corrected chi connectivity index (χ4v) is 4.67. The first kappa shape index (κ1) is 18.3. The van der Waals surface area contributed by atoms with Crippen LogP contribution in [-0.2, 0) is 6.54 Å². The van der Waals surface area contributed by atoms with Crippen molar-refractivity contribution < 1.29 is 4.79 Å². The minimum atomic E-state index is 0.166. The maximum absolute atomic E-state index is 13.0. The molecule has 150 valence electrons. The van der Waals surface area contributed by atoms with E-state index in [1.165, 1.54) is 5.56 Å². The Morgan fingerprint density at radius 2 is 2.07 bits per heavy atom. The zero-order valence-electron chi connectivity index (χ0n) is 16.8. The van der Waals surface area contributed by atoms with Crippen LogP contribution in [0.5, 0.6) is 0 Å². The molecule has 3 unspecified atom stereocenters. The fourth-order valence-electron chi connectivity index (χ4n) is 4.67. The van der Waals surface area contributed by atoms with Crippen molar-refractivity contribution in [1.29, 1.82) is 0 Å². The highest BCUT2D eigenvalue weighted by atomic mass is 16.2. The van der Waals surface area contributed by atoms with Crippen LogP contribution in [-0.4, -0.2) is 63.4 Å². The monoisotopic (exact) mass is 389 g/mol. The van der Waals surface area contributed by atoms with E-state index >= 15 is 0 Å². The highest BCUT2D eigenvalue weighted by Crippen LogP contribution is 2.26. The summed E-state index contributed by atoms with van der Waals surface area (Å²) in [6, 6.07) is 14.6. The van der Waals surface area contributed by atoms with Gasteiger partial charge in [0.25, 0.3) is 5.91 Å². The van der Waals surface area contributed by atoms with Crippen molar-refractivity contribution in [3.05, 3.63) is 71.7 Å². The van der Waals surface area contributed by atoms with Crippen LogP contribution < -0.4 is 5.32 Å². The lowest BCUT2D eigenvalue weighted by molar-refractivity contribution is 0.0494. The maximum Gasteiger partial charge on any atom is 0.254 e. The second-order valence-electron chi connectivity index (χ2n) is 8.23. The first-order chi connectivity index (χ1) is 14.2. The van der Waals surface area contributed by atoms with Crippen molar-refractivity contribution in [2.24, 2.45) is 0 Å². The van der Waals surface area contributed by atoms with E-state index in [0.717, 1.165) is 56.0 Å². The summed E-state index contributed by atoms with van der Waals surface area (Å²) in [4.78, 5) is 22.2. The molecular weight excluding hydrogens is 362 g/mol. The van der Waals surface area contributed by atoms with E-state index < -0.39 is 0 Å². The van der Waals surface area contributed by atoms with Crippen LogP contribution in [0, 0.1) is 6.92 Å². The van der Waals surface area contributed by atoms with E-state index in [4.69, 9.17) is 0 Å². The Hall–Kier alpha value is -2.70. The Balaban J connectivity index is 1.24. The smallest absolute Gasteiger partial charge is 0.254 e. The summed E-state index contributed by atoms with van der Waals surface area (Å²) in [5, 5.41) is 3.61. The van der Waals surface area contributed by atoms with Gasteiger partial charge < -0.3 is 14.6 Å². The average Bonchev–Trinajstić information content (AvgIpc) is 3.34. The van der Waals surface area contributed by atoms with Gasteiger partial charge in [0.15, 0.2) is 0 Å². The van der Waals surface area contributed by atoms with Crippen LogP contribution in [0.3, 0.4) is 0 Å². The van der Waals surface area contributed by atoms with Crippen LogP contribution in [0.1, 0.15) is 28.0 Å². The summed E-state index contributed by atoms with van der Waals surface area (Å²) in [6.45, 7) is 6.57. The molecule has 2 aliphatic rings. The van der Waals surface area contributed by atoms with Gasteiger partial charge in [-0.05, 0) is 43.2 Å². The van der Waals surface area contributed by atoms with Gasteiger partial charge in [0, 0.05) is 56.6 Å². The summed E-state index contributed by atoms with van der Waals surface area (Å²) >= 11 is 0. The first-order valence-corrected chi connectivity index (χ1v) is 10.4. The van der Waals surface area contributed by atoms with Crippen LogP contribution in [0.25, 0.3) is 5.65 Å². The van der Waals surface area contributed by atoms with Gasteiger partial charge in [0.1, 0.15) is 5.65 Å². The summed E-state index contributed by atoms with van der Waals surface area (Å²) in [7, 11) is 0. The number of rotatable bonds is 5. The third-order valence-electron chi connectivity index (χ3n) is 6.27. The number of imidazole rings is 1. The number of aromatic nitrogens is 2. The number of nitrogens with one attached hydrogen (secondary N) is 1. The normalized spacial score (nSPS) is 23.6. The van der Waals surface area contributed by atoms with E-state index in [1.54, 1.807) is 0 Å². The SMILES string of the molecule is Cc1ccn2c(CNCC3CN(C(=O)c4ccccc4)C4CCN3C4)cnc2c1. The average molecular weight is 390 g/mol. The summed E-state index contributed by atoms with van der Waals surface area (Å²) in [5.41, 5.74) is 4.16. The molecule has 2 saturated heterocycles. The van der Waals surface area contributed by atoms with Crippen LogP contribution in [0.2, 0.25) is 0 Å². The first-order valence-electron chi connectivity index (χ1n) is 10.4. The topological polar surface area (TPSA) is 52.9 Å². The number of hydrogen-bond donors (Lipinski definition) is 1. The molecule has 2 aromatic heterocycles. The number of nitrogens with zero attached hydrogens (tertiary/aromatic N) is 4. The lowest BCUT2D eigenvalue weighted by Gasteiger charge is -2.40. The van der Waals surface area contributed by atoms with E-state index in [1.807, 2.05) is 36.5 Å². The van der Waals surface area contributed by atoms with Gasteiger partial charge in [-0.2, -0.15) is 0 Å². The van der Waals surface area contributed by atoms with Gasteiger partial charge in [-0.15, -0.1) is 0 Å². The van der Waals surface area contributed by atoms with Gasteiger partial charge in [-0.25, -0.2) is 4.98 Å². The third kappa shape index (κ3) is 3.54. The number of piperazine rings is 1. The third-order valence-corrected chi connectivity index (χ3v) is 6.27. The number of amides is 1. The highest BCUT2D eigenvalue weighted by Gasteiger charge is 2.40. The Morgan fingerprint density at radius 1 is 1.21 bits per heavy atom. The van der Waals surface area contributed by atoms with Crippen molar-refractivity contribution >= 4 is 11.6 Å². The molecule has 3 aromatic rings. The molecule has 6 nitrogen and oxygen atoms in total. The largest absolute Gasteiger partial charge is 0.333 e. The number of carbonyl (C=O) groups excluding carboxylic acids is 1. The van der Waals surface area contributed by atoms with Crippen molar-refractivity contribution in [1.82, 2.24) is 24.5 Å². The zero-order chi connectivity index (χ0) is 19.8. The summed E-state index contributed by atoms with van der Waals surface area (Å²) in [5.74, 6) is 0.166. The molecule has 1 N–H and O–H groups in total. The fraction of sp³-hybridized carbons (Fsp3) is 0.391. The maximum atomic E-state index is 13.0. The molecule has 3 atom stereocenters. The number of aryl methyl sites for hydroxylation is 1. The van der Waals surface area contributed by atoms with Crippen molar-refractivity contribution in [2.75, 3.05) is 26.2 Å². The predicted octanol–water partition coefficient (Wildman–Crippen LogP) is 2.33. The van der Waals surface area contributed by atoms with E-state index in [2.05, 4.69) is 49.8 Å². The molecule has 0 radical (unpaired) electrons. The van der Waals surface area contributed by atoms with Crippen molar-refractivity contribution in [3.8, 4) is 0 Å². The van der Waals surface area contributed by atoms with E-state index in [9.17, 15) is 4.79 Å². The molecule has 29 heavy (non-hydrogen) atoms. The second-order valence-corrected chi connectivity index (χ2v) is 8.23. The van der Waals surface area contributed by atoms with Crippen LogP contribution in [0.15, 0.2) is 54.9 Å². The minimum absolute atomic E-state index is 0.166. The van der Waals surface area contributed by atoms with E-state index in [0.29, 0.717) is 12.1 Å². The van der Waals surface area contributed by atoms with Crippen molar-refractivity contribution in [2.45, 2.75) is 32.0 Å². The number of pyridine rings is 1. The lowest BCUT2D eigenvalue weighted by Crippen LogP contribution is -2.57. The molecule has 1 aromatic carbocycles. The van der Waals surface area contributed by atoms with Crippen LogP contribution >= 0.6 is 0 Å². The van der Waals surface area contributed by atoms with Crippen LogP contribution in [0.4, 0.5) is 0 Å². The second kappa shape index (κ2) is 7.61. The molecule has 0 spiro atoms. The molecule has 2 fully saturated rings. The summed E-state index contributed by atoms with van der Waals surface area (Å²) < 4.78 is 2.14. The summed E-state index contributed by atoms with van der Waals surface area (Å²) in [6.07, 6.45) is 5.10. The molecule has 5 rings (SSSR count). The number of hydrogen-bond acceptors (Lipinski definition) is 4. The zero-order valence-corrected chi connectivity index (χ0v) is 16.8.